The highest BCUT2D eigenvalue weighted by Crippen LogP contribution is 2.52. The topological polar surface area (TPSA) is 16.4 Å². The molecule has 1 aliphatic carbocycles. The summed E-state index contributed by atoms with van der Waals surface area (Å²) in [5.41, 5.74) is 20.0. The summed E-state index contributed by atoms with van der Waals surface area (Å²) in [7, 11) is 0. The summed E-state index contributed by atoms with van der Waals surface area (Å²) in [6.07, 6.45) is 0. The summed E-state index contributed by atoms with van der Waals surface area (Å²) < 4.78 is 6.29. The maximum absolute atomic E-state index is 6.29. The maximum Gasteiger partial charge on any atom is 0.136 e. The lowest BCUT2D eigenvalue weighted by Gasteiger charge is -2.28. The Kier molecular flexibility index (Phi) is 8.55. The van der Waals surface area contributed by atoms with Gasteiger partial charge < -0.3 is 9.32 Å². The van der Waals surface area contributed by atoms with Crippen LogP contribution in [0.4, 0.5) is 17.1 Å². The minimum Gasteiger partial charge on any atom is -0.456 e. The van der Waals surface area contributed by atoms with Gasteiger partial charge in [0.25, 0.3) is 0 Å². The molecule has 1 aliphatic rings. The fourth-order valence-corrected chi connectivity index (χ4v) is 9.94. The van der Waals surface area contributed by atoms with Gasteiger partial charge in [0.2, 0.25) is 0 Å². The van der Waals surface area contributed by atoms with Crippen molar-refractivity contribution in [1.82, 2.24) is 0 Å². The first-order valence-electron chi connectivity index (χ1n) is 21.8. The molecule has 0 saturated heterocycles. The van der Waals surface area contributed by atoms with E-state index in [4.69, 9.17) is 4.42 Å². The minimum absolute atomic E-state index is 0.170. The molecular weight excluding hydrogens is 763 g/mol. The predicted octanol–water partition coefficient (Wildman–Crippen LogP) is 17.2. The van der Waals surface area contributed by atoms with Gasteiger partial charge in [-0.1, -0.05) is 178 Å². The van der Waals surface area contributed by atoms with Gasteiger partial charge in [-0.25, -0.2) is 0 Å². The third kappa shape index (κ3) is 6.25. The number of furan rings is 1. The largest absolute Gasteiger partial charge is 0.456 e. The lowest BCUT2D eigenvalue weighted by molar-refractivity contribution is 0.660. The number of benzene rings is 10. The van der Waals surface area contributed by atoms with Crippen LogP contribution in [0.1, 0.15) is 25.0 Å². The molecular formula is C61H43NO. The molecule has 0 bridgehead atoms. The summed E-state index contributed by atoms with van der Waals surface area (Å²) >= 11 is 0. The third-order valence-corrected chi connectivity index (χ3v) is 13.3. The van der Waals surface area contributed by atoms with Crippen molar-refractivity contribution in [3.05, 3.63) is 236 Å². The van der Waals surface area contributed by atoms with Crippen LogP contribution in [0.15, 0.2) is 229 Å². The normalized spacial score (nSPS) is 12.7. The molecule has 0 aliphatic heterocycles. The van der Waals surface area contributed by atoms with Crippen molar-refractivity contribution in [2.75, 3.05) is 4.90 Å². The Bertz CT molecular complexity index is 3490. The number of hydrogen-bond donors (Lipinski definition) is 0. The van der Waals surface area contributed by atoms with Crippen LogP contribution in [-0.4, -0.2) is 0 Å². The molecule has 0 saturated carbocycles. The molecule has 0 spiro atoms. The van der Waals surface area contributed by atoms with Gasteiger partial charge in [-0.05, 0) is 138 Å². The molecule has 0 unspecified atom stereocenters. The first-order valence-corrected chi connectivity index (χ1v) is 21.8. The fourth-order valence-electron chi connectivity index (χ4n) is 9.94. The minimum atomic E-state index is -0.170. The molecule has 63 heavy (non-hydrogen) atoms. The second-order valence-corrected chi connectivity index (χ2v) is 17.3. The van der Waals surface area contributed by atoms with E-state index in [2.05, 4.69) is 243 Å². The molecule has 0 fully saturated rings. The van der Waals surface area contributed by atoms with Crippen molar-refractivity contribution in [2.45, 2.75) is 19.3 Å². The molecule has 11 aromatic rings. The summed E-state index contributed by atoms with van der Waals surface area (Å²) in [6.45, 7) is 4.74. The van der Waals surface area contributed by atoms with E-state index in [1.165, 1.54) is 82.9 Å². The number of rotatable bonds is 7. The Hall–Kier alpha value is -7.94. The van der Waals surface area contributed by atoms with Crippen molar-refractivity contribution in [3.8, 4) is 55.6 Å². The van der Waals surface area contributed by atoms with Gasteiger partial charge in [0, 0.05) is 33.2 Å². The summed E-state index contributed by atoms with van der Waals surface area (Å²) in [5.74, 6) is 0. The van der Waals surface area contributed by atoms with E-state index < -0.39 is 0 Å². The number of anilines is 3. The monoisotopic (exact) mass is 805 g/mol. The average molecular weight is 806 g/mol. The smallest absolute Gasteiger partial charge is 0.136 e. The van der Waals surface area contributed by atoms with Gasteiger partial charge in [-0.3, -0.25) is 0 Å². The van der Waals surface area contributed by atoms with E-state index in [1.807, 2.05) is 0 Å². The van der Waals surface area contributed by atoms with E-state index in [-0.39, 0.29) is 5.41 Å². The van der Waals surface area contributed by atoms with Crippen LogP contribution in [0.25, 0.3) is 88.3 Å². The third-order valence-electron chi connectivity index (χ3n) is 13.3. The van der Waals surface area contributed by atoms with Crippen molar-refractivity contribution in [3.63, 3.8) is 0 Å². The zero-order valence-corrected chi connectivity index (χ0v) is 35.2. The van der Waals surface area contributed by atoms with Crippen LogP contribution in [0, 0.1) is 0 Å². The molecule has 2 heteroatoms. The Morgan fingerprint density at radius 1 is 0.333 bits per heavy atom. The Morgan fingerprint density at radius 2 is 0.778 bits per heavy atom. The number of nitrogens with zero attached hydrogens (tertiary/aromatic N) is 1. The first-order chi connectivity index (χ1) is 31.0. The highest BCUT2D eigenvalue weighted by Gasteiger charge is 2.36. The lowest BCUT2D eigenvalue weighted by atomic mass is 9.81. The van der Waals surface area contributed by atoms with E-state index in [0.29, 0.717) is 0 Å². The highest BCUT2D eigenvalue weighted by atomic mass is 16.3. The molecule has 0 radical (unpaired) electrons. The van der Waals surface area contributed by atoms with Crippen LogP contribution >= 0.6 is 0 Å². The Morgan fingerprint density at radius 3 is 1.43 bits per heavy atom. The quantitative estimate of drug-likeness (QED) is 0.160. The second-order valence-electron chi connectivity index (χ2n) is 17.3. The van der Waals surface area contributed by atoms with Gasteiger partial charge in [0.1, 0.15) is 11.2 Å². The fraction of sp³-hybridized carbons (Fsp3) is 0.0492. The molecule has 0 N–H and O–H groups in total. The molecule has 2 nitrogen and oxygen atoms in total. The van der Waals surface area contributed by atoms with Crippen LogP contribution < -0.4 is 4.90 Å². The van der Waals surface area contributed by atoms with E-state index >= 15 is 0 Å². The number of hydrogen-bond acceptors (Lipinski definition) is 2. The lowest BCUT2D eigenvalue weighted by Crippen LogP contribution is -2.16. The van der Waals surface area contributed by atoms with Gasteiger partial charge in [0.05, 0.1) is 0 Å². The van der Waals surface area contributed by atoms with E-state index in [0.717, 1.165) is 33.6 Å². The van der Waals surface area contributed by atoms with Crippen LogP contribution in [0.3, 0.4) is 0 Å². The average Bonchev–Trinajstić information content (AvgIpc) is 3.84. The van der Waals surface area contributed by atoms with Crippen molar-refractivity contribution >= 4 is 49.8 Å². The van der Waals surface area contributed by atoms with Crippen molar-refractivity contribution < 1.29 is 4.42 Å². The van der Waals surface area contributed by atoms with E-state index in [9.17, 15) is 0 Å². The molecule has 12 rings (SSSR count). The first kappa shape index (κ1) is 36.9. The van der Waals surface area contributed by atoms with Crippen LogP contribution in [-0.2, 0) is 5.41 Å². The molecule has 1 aromatic heterocycles. The van der Waals surface area contributed by atoms with Gasteiger partial charge in [0.15, 0.2) is 0 Å². The van der Waals surface area contributed by atoms with Gasteiger partial charge in [-0.15, -0.1) is 0 Å². The molecule has 10 aromatic carbocycles. The molecule has 0 atom stereocenters. The molecule has 298 valence electrons. The summed E-state index contributed by atoms with van der Waals surface area (Å²) in [6, 6.07) is 81.6. The zero-order chi connectivity index (χ0) is 42.1. The van der Waals surface area contributed by atoms with Gasteiger partial charge in [-0.2, -0.15) is 0 Å². The second kappa shape index (κ2) is 14.6. The highest BCUT2D eigenvalue weighted by molar-refractivity contribution is 6.19. The van der Waals surface area contributed by atoms with Crippen molar-refractivity contribution in [2.24, 2.45) is 0 Å². The number of fused-ring (bicyclic) bond motifs is 8. The predicted molar refractivity (Wildman–Crippen MR) is 265 cm³/mol. The Labute approximate surface area is 368 Å². The molecule has 0 amide bonds. The maximum atomic E-state index is 6.29. The summed E-state index contributed by atoms with van der Waals surface area (Å²) in [4.78, 5) is 2.40. The SMILES string of the molecule is CC1(C)c2cc(-c3ccccc3)ccc2-c2ccc(N(c3ccc(-c4ccccc4)cc3)c3ccc(-c4ccc(-c5ccc6oc7ccc8ccccc8c7c6c5)cc4)cc3)cc21. The Balaban J connectivity index is 0.888. The zero-order valence-electron chi connectivity index (χ0n) is 35.2. The molecule has 1 heterocycles. The van der Waals surface area contributed by atoms with Gasteiger partial charge >= 0.3 is 0 Å². The standard InChI is InChI=1S/C61H43NO/c1-61(2)56-38-48(41-13-7-4-8-14-41)25-33-53(56)54-34-32-51(39-57(54)61)62(49-28-21-43(22-29-49)40-11-5-3-6-12-40)50-30-23-44(24-31-50)42-17-19-45(20-18-42)47-27-35-58-55(37-47)60-52-16-10-9-15-46(52)26-36-59(60)63-58/h3-39H,1-2H3. The van der Waals surface area contributed by atoms with Crippen molar-refractivity contribution in [1.29, 1.82) is 0 Å². The van der Waals surface area contributed by atoms with Crippen LogP contribution in [0.2, 0.25) is 0 Å². The summed E-state index contributed by atoms with van der Waals surface area (Å²) in [5, 5.41) is 4.76. The van der Waals surface area contributed by atoms with E-state index in [1.54, 1.807) is 0 Å². The van der Waals surface area contributed by atoms with Crippen LogP contribution in [0.5, 0.6) is 0 Å².